The molecule has 2 aliphatic heterocycles. The Bertz CT molecular complexity index is 863. The van der Waals surface area contributed by atoms with Gasteiger partial charge in [0.1, 0.15) is 12.1 Å². The van der Waals surface area contributed by atoms with E-state index in [0.717, 1.165) is 39.0 Å². The molecule has 0 spiro atoms. The maximum atomic E-state index is 12.2. The van der Waals surface area contributed by atoms with Crippen LogP contribution in [-0.4, -0.2) is 108 Å². The summed E-state index contributed by atoms with van der Waals surface area (Å²) in [5.74, 6) is -1.33. The zero-order chi connectivity index (χ0) is 27.3. The maximum absolute atomic E-state index is 12.2. The molecule has 0 saturated carbocycles. The molecule has 0 radical (unpaired) electrons. The van der Waals surface area contributed by atoms with Crippen LogP contribution < -0.4 is 32.1 Å². The van der Waals surface area contributed by atoms with Gasteiger partial charge in [-0.05, 0) is 37.1 Å². The summed E-state index contributed by atoms with van der Waals surface area (Å²) in [6.07, 6.45) is 2.21. The van der Waals surface area contributed by atoms with Gasteiger partial charge in [0.05, 0.1) is 13.2 Å². The van der Waals surface area contributed by atoms with Gasteiger partial charge in [0, 0.05) is 63.5 Å². The first kappa shape index (κ1) is 29.4. The molecule has 2 saturated heterocycles. The summed E-state index contributed by atoms with van der Waals surface area (Å²) in [6, 6.07) is 5.06. The molecule has 4 amide bonds. The fraction of sp³-hybridized carbons (Fsp3) is 0.583. The second-order valence-electron chi connectivity index (χ2n) is 9.17. The van der Waals surface area contributed by atoms with Crippen LogP contribution in [0.2, 0.25) is 0 Å². The number of hydrazine groups is 2. The number of nitrogens with zero attached hydrogens (tertiary/aromatic N) is 2. The average molecular weight is 535 g/mol. The number of carbonyl (C=O) groups excluding carboxylic acids is 4. The molecule has 2 aliphatic rings. The van der Waals surface area contributed by atoms with E-state index in [4.69, 9.17) is 0 Å². The lowest BCUT2D eigenvalue weighted by molar-refractivity contribution is -0.127. The number of anilines is 2. The summed E-state index contributed by atoms with van der Waals surface area (Å²) >= 11 is 0. The molecular weight excluding hydrogens is 496 g/mol. The molecule has 8 N–H and O–H groups in total. The first-order valence-electron chi connectivity index (χ1n) is 12.9. The second-order valence-corrected chi connectivity index (χ2v) is 9.17. The molecule has 2 heterocycles. The van der Waals surface area contributed by atoms with Crippen molar-refractivity contribution in [2.24, 2.45) is 0 Å². The van der Waals surface area contributed by atoms with Gasteiger partial charge in [0.15, 0.2) is 0 Å². The highest BCUT2D eigenvalue weighted by atomic mass is 16.3. The maximum Gasteiger partial charge on any atom is 0.240 e. The van der Waals surface area contributed by atoms with E-state index >= 15 is 0 Å². The highest BCUT2D eigenvalue weighted by molar-refractivity contribution is 5.93. The van der Waals surface area contributed by atoms with Gasteiger partial charge in [-0.3, -0.25) is 19.2 Å². The lowest BCUT2D eigenvalue weighted by Gasteiger charge is -2.34. The Morgan fingerprint density at radius 2 is 1.05 bits per heavy atom. The van der Waals surface area contributed by atoms with Crippen molar-refractivity contribution in [3.8, 4) is 0 Å². The van der Waals surface area contributed by atoms with Crippen molar-refractivity contribution in [3.05, 3.63) is 24.3 Å². The third kappa shape index (κ3) is 9.63. The molecule has 0 aliphatic carbocycles. The molecule has 2 fully saturated rings. The molecule has 3 rings (SSSR count). The molecule has 1 aromatic carbocycles. The van der Waals surface area contributed by atoms with Crippen LogP contribution in [0.4, 0.5) is 11.4 Å². The number of nitrogens with one attached hydrogen (secondary N) is 6. The van der Waals surface area contributed by atoms with E-state index in [1.165, 1.54) is 0 Å². The number of amides is 4. The number of benzene rings is 1. The van der Waals surface area contributed by atoms with Crippen molar-refractivity contribution in [2.45, 2.75) is 37.8 Å². The third-order valence-corrected chi connectivity index (χ3v) is 6.14. The van der Waals surface area contributed by atoms with Gasteiger partial charge in [0.2, 0.25) is 23.6 Å². The number of aliphatic hydroxyl groups excluding tert-OH is 2. The lowest BCUT2D eigenvalue weighted by atomic mass is 10.2. The fourth-order valence-electron chi connectivity index (χ4n) is 3.62. The quantitative estimate of drug-likeness (QED) is 0.115. The van der Waals surface area contributed by atoms with E-state index in [1.807, 2.05) is 10.0 Å². The smallest absolute Gasteiger partial charge is 0.240 e. The minimum atomic E-state index is -0.748. The number of hydrogen-bond donors (Lipinski definition) is 8. The van der Waals surface area contributed by atoms with Gasteiger partial charge in [-0.15, -0.1) is 0 Å². The van der Waals surface area contributed by atoms with E-state index in [2.05, 4.69) is 32.1 Å². The normalized spacial score (nSPS) is 16.9. The van der Waals surface area contributed by atoms with E-state index in [-0.39, 0.29) is 62.8 Å². The molecule has 210 valence electrons. The van der Waals surface area contributed by atoms with Gasteiger partial charge in [0.25, 0.3) is 0 Å². The van der Waals surface area contributed by atoms with Gasteiger partial charge in [-0.1, -0.05) is 0 Å². The molecule has 38 heavy (non-hydrogen) atoms. The van der Waals surface area contributed by atoms with Crippen molar-refractivity contribution in [2.75, 3.05) is 63.1 Å². The second kappa shape index (κ2) is 15.3. The molecule has 14 nitrogen and oxygen atoms in total. The Balaban J connectivity index is 1.29. The van der Waals surface area contributed by atoms with Crippen molar-refractivity contribution in [1.29, 1.82) is 0 Å². The van der Waals surface area contributed by atoms with Crippen LogP contribution in [0, 0.1) is 0 Å². The number of hydrogen-bond acceptors (Lipinski definition) is 10. The summed E-state index contributed by atoms with van der Waals surface area (Å²) in [6.45, 7) is 2.89. The average Bonchev–Trinajstić information content (AvgIpc) is 2.84. The highest BCUT2D eigenvalue weighted by Crippen LogP contribution is 2.14. The van der Waals surface area contributed by atoms with Crippen LogP contribution in [0.25, 0.3) is 0 Å². The van der Waals surface area contributed by atoms with Crippen LogP contribution in [0.1, 0.15) is 25.7 Å². The van der Waals surface area contributed by atoms with E-state index in [0.29, 0.717) is 11.4 Å². The summed E-state index contributed by atoms with van der Waals surface area (Å²) in [5, 5.41) is 33.2. The SMILES string of the molecule is O=C(CCNC(=O)[C@H](CO)NN1CCC1)Nc1ccc(NC(=O)CCNC(=O)[C@H](CO)NN2CCC2)cc1. The van der Waals surface area contributed by atoms with Crippen molar-refractivity contribution in [1.82, 2.24) is 31.5 Å². The van der Waals surface area contributed by atoms with Crippen LogP contribution in [0.5, 0.6) is 0 Å². The zero-order valence-electron chi connectivity index (χ0n) is 21.4. The van der Waals surface area contributed by atoms with Crippen molar-refractivity contribution >= 4 is 35.0 Å². The van der Waals surface area contributed by atoms with Crippen LogP contribution >= 0.6 is 0 Å². The van der Waals surface area contributed by atoms with E-state index in [1.54, 1.807) is 24.3 Å². The Morgan fingerprint density at radius 1 is 0.684 bits per heavy atom. The molecule has 2 atom stereocenters. The predicted octanol–water partition coefficient (Wildman–Crippen LogP) is -2.28. The predicted molar refractivity (Wildman–Crippen MR) is 139 cm³/mol. The van der Waals surface area contributed by atoms with Crippen LogP contribution in [0.3, 0.4) is 0 Å². The first-order chi connectivity index (χ1) is 18.4. The number of carbonyl (C=O) groups is 4. The number of rotatable bonds is 16. The highest BCUT2D eigenvalue weighted by Gasteiger charge is 2.24. The summed E-state index contributed by atoms with van der Waals surface area (Å²) in [4.78, 5) is 48.7. The molecule has 1 aromatic rings. The molecule has 0 bridgehead atoms. The van der Waals surface area contributed by atoms with Gasteiger partial charge in [-0.25, -0.2) is 20.9 Å². The Hall–Kier alpha value is -3.14. The van der Waals surface area contributed by atoms with Gasteiger partial charge < -0.3 is 31.5 Å². The standard InChI is InChI=1S/C24H38N8O6/c33-15-19(29-31-11-1-12-31)23(37)25-9-7-21(35)27-17-3-5-18(6-4-17)28-22(36)8-10-26-24(38)20(16-34)30-32-13-2-14-32/h3-6,19-20,29-30,33-34H,1-2,7-16H2,(H,25,37)(H,26,38)(H,27,35)(H,28,36)/t19-,20-/m0/s1. The largest absolute Gasteiger partial charge is 0.394 e. The summed E-state index contributed by atoms with van der Waals surface area (Å²) < 4.78 is 0. The third-order valence-electron chi connectivity index (χ3n) is 6.14. The minimum absolute atomic E-state index is 0.0580. The molecule has 0 aromatic heterocycles. The Labute approximate surface area is 221 Å². The summed E-state index contributed by atoms with van der Waals surface area (Å²) in [5.41, 5.74) is 6.95. The topological polar surface area (TPSA) is 187 Å². The lowest BCUT2D eigenvalue weighted by Crippen LogP contribution is -2.57. The van der Waals surface area contributed by atoms with Gasteiger partial charge >= 0.3 is 0 Å². The summed E-state index contributed by atoms with van der Waals surface area (Å²) in [7, 11) is 0. The van der Waals surface area contributed by atoms with E-state index in [9.17, 15) is 29.4 Å². The minimum Gasteiger partial charge on any atom is -0.394 e. The van der Waals surface area contributed by atoms with E-state index < -0.39 is 12.1 Å². The van der Waals surface area contributed by atoms with Crippen LogP contribution in [-0.2, 0) is 19.2 Å². The Morgan fingerprint density at radius 3 is 1.34 bits per heavy atom. The van der Waals surface area contributed by atoms with Gasteiger partial charge in [-0.2, -0.15) is 0 Å². The number of aliphatic hydroxyl groups is 2. The fourth-order valence-corrected chi connectivity index (χ4v) is 3.62. The van der Waals surface area contributed by atoms with Crippen molar-refractivity contribution < 1.29 is 29.4 Å². The molecular formula is C24H38N8O6. The van der Waals surface area contributed by atoms with Crippen molar-refractivity contribution in [3.63, 3.8) is 0 Å². The molecule has 14 heteroatoms. The zero-order valence-corrected chi connectivity index (χ0v) is 21.4. The monoisotopic (exact) mass is 534 g/mol. The van der Waals surface area contributed by atoms with Crippen LogP contribution in [0.15, 0.2) is 24.3 Å². The Kier molecular flexibility index (Phi) is 11.9. The first-order valence-corrected chi connectivity index (χ1v) is 12.9. The molecule has 0 unspecified atom stereocenters.